The van der Waals surface area contributed by atoms with Crippen molar-refractivity contribution in [2.75, 3.05) is 6.61 Å². The number of carbonyl (C=O) groups excluding carboxylic acids is 2. The van der Waals surface area contributed by atoms with Crippen LogP contribution < -0.4 is 5.32 Å². The number of amides is 1. The highest BCUT2D eigenvalue weighted by Gasteiger charge is 2.26. The molecule has 0 radical (unpaired) electrons. The largest absolute Gasteiger partial charge is 0.449 e. The van der Waals surface area contributed by atoms with Crippen LogP contribution in [0.15, 0.2) is 34.9 Å². The second kappa shape index (κ2) is 9.38. The van der Waals surface area contributed by atoms with Gasteiger partial charge in [0.05, 0.1) is 0 Å². The van der Waals surface area contributed by atoms with Gasteiger partial charge in [0, 0.05) is 12.0 Å². The summed E-state index contributed by atoms with van der Waals surface area (Å²) in [4.78, 5) is 28.3. The first kappa shape index (κ1) is 21.5. The summed E-state index contributed by atoms with van der Waals surface area (Å²) < 4.78 is 15.3. The van der Waals surface area contributed by atoms with Crippen molar-refractivity contribution in [3.63, 3.8) is 0 Å². The minimum atomic E-state index is -1.03. The van der Waals surface area contributed by atoms with E-state index in [-0.39, 0.29) is 12.1 Å². The standard InChI is InChI=1S/C20H20N4O5/c1-20(2,3)29-19(26)24-16(18(25)27-9-8-21)10-13-4-6-14(7-5-13)17-23-15(11-22)12-28-17/h4-7,12,16H,9-10H2,1-3H3,(H,24,26)/t16-/m0/s1. The maximum absolute atomic E-state index is 12.2. The van der Waals surface area contributed by atoms with E-state index in [4.69, 9.17) is 24.4 Å². The van der Waals surface area contributed by atoms with Crippen molar-refractivity contribution in [3.05, 3.63) is 41.8 Å². The van der Waals surface area contributed by atoms with Crippen molar-refractivity contribution >= 4 is 12.1 Å². The molecule has 0 unspecified atom stereocenters. The molecule has 1 amide bonds. The predicted octanol–water partition coefficient (Wildman–Crippen LogP) is 2.72. The number of rotatable bonds is 6. The molecule has 1 aromatic heterocycles. The predicted molar refractivity (Wildman–Crippen MR) is 100 cm³/mol. The zero-order valence-corrected chi connectivity index (χ0v) is 16.3. The highest BCUT2D eigenvalue weighted by atomic mass is 16.6. The number of nitrogens with one attached hydrogen (secondary N) is 1. The molecular formula is C20H20N4O5. The number of carbonyl (C=O) groups is 2. The second-order valence-corrected chi connectivity index (χ2v) is 7.02. The van der Waals surface area contributed by atoms with Crippen LogP contribution in [0.5, 0.6) is 0 Å². The molecule has 0 aliphatic heterocycles. The Balaban J connectivity index is 2.12. The summed E-state index contributed by atoms with van der Waals surface area (Å²) in [6.07, 6.45) is 0.616. The van der Waals surface area contributed by atoms with Gasteiger partial charge in [0.1, 0.15) is 30.0 Å². The molecule has 2 rings (SSSR count). The lowest BCUT2D eigenvalue weighted by molar-refractivity contribution is -0.144. The Morgan fingerprint density at radius 3 is 2.48 bits per heavy atom. The van der Waals surface area contributed by atoms with Crippen LogP contribution in [0.4, 0.5) is 4.79 Å². The van der Waals surface area contributed by atoms with Crippen LogP contribution in [0.3, 0.4) is 0 Å². The van der Waals surface area contributed by atoms with E-state index < -0.39 is 30.3 Å². The highest BCUT2D eigenvalue weighted by Crippen LogP contribution is 2.20. The zero-order chi connectivity index (χ0) is 21.4. The summed E-state index contributed by atoms with van der Waals surface area (Å²) >= 11 is 0. The molecule has 0 spiro atoms. The average Bonchev–Trinajstić information content (AvgIpc) is 3.14. The topological polar surface area (TPSA) is 138 Å². The van der Waals surface area contributed by atoms with Gasteiger partial charge in [0.2, 0.25) is 5.89 Å². The Morgan fingerprint density at radius 1 is 1.24 bits per heavy atom. The van der Waals surface area contributed by atoms with Crippen LogP contribution in [-0.2, 0) is 20.7 Å². The van der Waals surface area contributed by atoms with Gasteiger partial charge in [-0.1, -0.05) is 12.1 Å². The summed E-state index contributed by atoms with van der Waals surface area (Å²) in [6.45, 7) is 4.69. The SMILES string of the molecule is CC(C)(C)OC(=O)N[C@@H](Cc1ccc(-c2nc(C#N)co2)cc1)C(=O)OCC#N. The third-order valence-electron chi connectivity index (χ3n) is 3.51. The van der Waals surface area contributed by atoms with E-state index in [0.717, 1.165) is 5.56 Å². The molecule has 1 atom stereocenters. The average molecular weight is 396 g/mol. The van der Waals surface area contributed by atoms with E-state index in [1.807, 2.05) is 6.07 Å². The monoisotopic (exact) mass is 396 g/mol. The van der Waals surface area contributed by atoms with Gasteiger partial charge in [-0.05, 0) is 38.5 Å². The Kier molecular flexibility index (Phi) is 6.94. The van der Waals surface area contributed by atoms with E-state index in [9.17, 15) is 9.59 Å². The maximum atomic E-state index is 12.2. The molecule has 0 saturated carbocycles. The number of benzene rings is 1. The van der Waals surface area contributed by atoms with Crippen LogP contribution in [0, 0.1) is 22.7 Å². The molecule has 0 bridgehead atoms. The first-order valence-electron chi connectivity index (χ1n) is 8.70. The van der Waals surface area contributed by atoms with Gasteiger partial charge in [-0.3, -0.25) is 0 Å². The molecule has 2 aromatic rings. The van der Waals surface area contributed by atoms with Crippen molar-refractivity contribution < 1.29 is 23.5 Å². The fourth-order valence-corrected chi connectivity index (χ4v) is 2.32. The molecule has 0 saturated heterocycles. The Labute approximate surface area is 167 Å². The summed E-state index contributed by atoms with van der Waals surface area (Å²) in [5.74, 6) is -0.446. The van der Waals surface area contributed by atoms with Crippen LogP contribution >= 0.6 is 0 Å². The third-order valence-corrected chi connectivity index (χ3v) is 3.51. The maximum Gasteiger partial charge on any atom is 0.408 e. The summed E-state index contributed by atoms with van der Waals surface area (Å²) in [7, 11) is 0. The molecule has 9 heteroatoms. The van der Waals surface area contributed by atoms with Crippen molar-refractivity contribution in [2.24, 2.45) is 0 Å². The van der Waals surface area contributed by atoms with Crippen LogP contribution in [0.1, 0.15) is 32.0 Å². The number of alkyl carbamates (subject to hydrolysis) is 1. The van der Waals surface area contributed by atoms with Crippen LogP contribution in [-0.4, -0.2) is 35.3 Å². The van der Waals surface area contributed by atoms with Crippen molar-refractivity contribution in [2.45, 2.75) is 38.8 Å². The van der Waals surface area contributed by atoms with Gasteiger partial charge in [-0.25, -0.2) is 9.59 Å². The lowest BCUT2D eigenvalue weighted by Gasteiger charge is -2.22. The number of ether oxygens (including phenoxy) is 2. The number of oxazole rings is 1. The highest BCUT2D eigenvalue weighted by molar-refractivity contribution is 5.82. The van der Waals surface area contributed by atoms with Crippen molar-refractivity contribution in [3.8, 4) is 23.6 Å². The molecular weight excluding hydrogens is 376 g/mol. The minimum Gasteiger partial charge on any atom is -0.449 e. The van der Waals surface area contributed by atoms with Gasteiger partial charge in [-0.15, -0.1) is 0 Å². The summed E-state index contributed by atoms with van der Waals surface area (Å²) in [5.41, 5.74) is 0.811. The number of nitrogens with zero attached hydrogens (tertiary/aromatic N) is 3. The van der Waals surface area contributed by atoms with Crippen molar-refractivity contribution in [1.82, 2.24) is 10.3 Å². The Bertz CT molecular complexity index is 945. The molecule has 29 heavy (non-hydrogen) atoms. The van der Waals surface area contributed by atoms with Gasteiger partial charge < -0.3 is 19.2 Å². The lowest BCUT2D eigenvalue weighted by Crippen LogP contribution is -2.45. The van der Waals surface area contributed by atoms with E-state index in [2.05, 4.69) is 10.3 Å². The first-order chi connectivity index (χ1) is 13.7. The molecule has 1 heterocycles. The Morgan fingerprint density at radius 2 is 1.93 bits per heavy atom. The normalized spacial score (nSPS) is 11.6. The number of hydrogen-bond donors (Lipinski definition) is 1. The summed E-state index contributed by atoms with van der Waals surface area (Å²) in [5, 5.41) is 19.9. The van der Waals surface area contributed by atoms with Gasteiger partial charge in [0.15, 0.2) is 12.3 Å². The second-order valence-electron chi connectivity index (χ2n) is 7.02. The molecule has 0 aliphatic carbocycles. The fraction of sp³-hybridized carbons (Fsp3) is 0.350. The quantitative estimate of drug-likeness (QED) is 0.735. The zero-order valence-electron chi connectivity index (χ0n) is 16.3. The van der Waals surface area contributed by atoms with Crippen LogP contribution in [0.2, 0.25) is 0 Å². The number of aromatic nitrogens is 1. The third kappa shape index (κ3) is 6.67. The number of esters is 1. The number of hydrogen-bond acceptors (Lipinski definition) is 8. The van der Waals surface area contributed by atoms with Crippen molar-refractivity contribution in [1.29, 1.82) is 10.5 Å². The minimum absolute atomic E-state index is 0.124. The molecule has 9 nitrogen and oxygen atoms in total. The first-order valence-corrected chi connectivity index (χ1v) is 8.70. The molecule has 0 fully saturated rings. The van der Waals surface area contributed by atoms with E-state index in [0.29, 0.717) is 11.5 Å². The fourth-order valence-electron chi connectivity index (χ4n) is 2.32. The van der Waals surface area contributed by atoms with E-state index >= 15 is 0 Å². The molecule has 150 valence electrons. The van der Waals surface area contributed by atoms with Gasteiger partial charge in [0.25, 0.3) is 0 Å². The molecule has 1 N–H and O–H groups in total. The molecule has 1 aromatic carbocycles. The van der Waals surface area contributed by atoms with E-state index in [1.54, 1.807) is 51.1 Å². The van der Waals surface area contributed by atoms with Gasteiger partial charge >= 0.3 is 12.1 Å². The van der Waals surface area contributed by atoms with Crippen LogP contribution in [0.25, 0.3) is 11.5 Å². The Hall–Kier alpha value is -3.85. The van der Waals surface area contributed by atoms with E-state index in [1.165, 1.54) is 6.26 Å². The molecule has 0 aliphatic rings. The smallest absolute Gasteiger partial charge is 0.408 e. The summed E-state index contributed by atoms with van der Waals surface area (Å²) in [6, 6.07) is 9.46. The lowest BCUT2D eigenvalue weighted by atomic mass is 10.0. The van der Waals surface area contributed by atoms with Gasteiger partial charge in [-0.2, -0.15) is 15.5 Å². The number of nitriles is 2.